The van der Waals surface area contributed by atoms with Gasteiger partial charge in [0.25, 0.3) is 0 Å². The molecule has 2 amide bonds. The van der Waals surface area contributed by atoms with Gasteiger partial charge >= 0.3 is 29.6 Å². The van der Waals surface area contributed by atoms with E-state index in [1.54, 1.807) is 12.1 Å². The van der Waals surface area contributed by atoms with Gasteiger partial charge in [-0.25, -0.2) is 4.98 Å². The number of benzene rings is 2. The SMILES string of the molecule is C[C@H]1CCc2c(ccc(-c3cnn(C4CCNCC4)c3)c2Oc2cccc(F)n2)N1C(=O)C1CC1.C[O-].Cc1cccc(Oc2c(-c3cnn(C4CCNCC4)c3)ccc3c2CC[C@H](C)N3C(=O)C2CC2)n1.[Na+]. The molecular formula is C56H66FN10NaO5. The molecule has 4 fully saturated rings. The minimum absolute atomic E-state index is 0. The molecule has 2 aliphatic carbocycles. The molecule has 73 heavy (non-hydrogen) atoms. The molecule has 2 saturated heterocycles. The molecule has 6 aliphatic rings. The minimum Gasteiger partial charge on any atom is -0.857 e. The van der Waals surface area contributed by atoms with Crippen LogP contribution in [0.4, 0.5) is 15.8 Å². The maximum Gasteiger partial charge on any atom is 1.00 e. The zero-order chi connectivity index (χ0) is 49.9. The van der Waals surface area contributed by atoms with E-state index in [1.165, 1.54) is 6.07 Å². The third-order valence-corrected chi connectivity index (χ3v) is 15.0. The van der Waals surface area contributed by atoms with Gasteiger partial charge in [-0.2, -0.15) is 26.7 Å². The normalized spacial score (nSPS) is 19.8. The summed E-state index contributed by atoms with van der Waals surface area (Å²) >= 11 is 0. The molecule has 2 atom stereocenters. The van der Waals surface area contributed by atoms with Crippen LogP contribution in [0.5, 0.6) is 23.3 Å². The summed E-state index contributed by atoms with van der Waals surface area (Å²) < 4.78 is 30.9. The topological polar surface area (TPSA) is 168 Å². The van der Waals surface area contributed by atoms with Crippen LogP contribution in [0.3, 0.4) is 0 Å². The number of amides is 2. The Morgan fingerprint density at radius 3 is 1.47 bits per heavy atom. The molecule has 15 nitrogen and oxygen atoms in total. The third kappa shape index (κ3) is 11.6. The first-order chi connectivity index (χ1) is 35.2. The number of carbonyl (C=O) groups excluding carboxylic acids is 2. The van der Waals surface area contributed by atoms with Gasteiger partial charge in [0.2, 0.25) is 29.5 Å². The molecule has 17 heteroatoms. The smallest absolute Gasteiger partial charge is 0.857 e. The number of ether oxygens (including phenoxy) is 2. The first-order valence-corrected chi connectivity index (χ1v) is 26.0. The Morgan fingerprint density at radius 2 is 1.04 bits per heavy atom. The van der Waals surface area contributed by atoms with E-state index in [-0.39, 0.29) is 71.2 Å². The molecule has 4 aromatic heterocycles. The number of carbonyl (C=O) groups is 2. The molecule has 6 aromatic rings. The molecule has 0 unspecified atom stereocenters. The van der Waals surface area contributed by atoms with E-state index in [2.05, 4.69) is 68.8 Å². The summed E-state index contributed by atoms with van der Waals surface area (Å²) in [5.74, 6) is 2.36. The average molecular weight is 1000 g/mol. The summed E-state index contributed by atoms with van der Waals surface area (Å²) in [6.45, 7) is 10.2. The van der Waals surface area contributed by atoms with Crippen LogP contribution in [0, 0.1) is 24.7 Å². The van der Waals surface area contributed by atoms with Gasteiger partial charge in [0.15, 0.2) is 0 Å². The molecule has 0 spiro atoms. The number of hydrogen-bond donors (Lipinski definition) is 2. The van der Waals surface area contributed by atoms with Crippen LogP contribution in [0.15, 0.2) is 85.5 Å². The summed E-state index contributed by atoms with van der Waals surface area (Å²) in [5, 5.41) is 24.5. The van der Waals surface area contributed by atoms with Crippen LogP contribution in [-0.4, -0.2) is 86.7 Å². The number of aromatic nitrogens is 6. The average Bonchev–Trinajstić information content (AvgIpc) is 4.34. The van der Waals surface area contributed by atoms with Crippen LogP contribution in [0.1, 0.15) is 107 Å². The summed E-state index contributed by atoms with van der Waals surface area (Å²) in [7, 11) is 0.750. The van der Waals surface area contributed by atoms with Gasteiger partial charge < -0.3 is 35.0 Å². The van der Waals surface area contributed by atoms with Crippen molar-refractivity contribution in [1.82, 2.24) is 40.2 Å². The number of anilines is 2. The number of halogens is 1. The van der Waals surface area contributed by atoms with E-state index in [1.807, 2.05) is 64.1 Å². The van der Waals surface area contributed by atoms with Crippen molar-refractivity contribution in [2.45, 2.75) is 122 Å². The van der Waals surface area contributed by atoms with Crippen molar-refractivity contribution in [2.75, 3.05) is 43.1 Å². The maximum atomic E-state index is 13.9. The van der Waals surface area contributed by atoms with Crippen molar-refractivity contribution < 1.29 is 58.1 Å². The largest absolute Gasteiger partial charge is 1.00 e. The molecule has 378 valence electrons. The molecule has 2 aromatic carbocycles. The van der Waals surface area contributed by atoms with Crippen molar-refractivity contribution in [2.24, 2.45) is 11.8 Å². The van der Waals surface area contributed by atoms with Crippen LogP contribution in [-0.2, 0) is 22.4 Å². The Bertz CT molecular complexity index is 2700. The summed E-state index contributed by atoms with van der Waals surface area (Å²) in [5.41, 5.74) is 8.70. The van der Waals surface area contributed by atoms with Gasteiger partial charge in [-0.15, -0.1) is 0 Å². The Kier molecular flexibility index (Phi) is 16.8. The Balaban J connectivity index is 0.000000172. The zero-order valence-corrected chi connectivity index (χ0v) is 44.9. The van der Waals surface area contributed by atoms with Crippen molar-refractivity contribution >= 4 is 23.2 Å². The fourth-order valence-electron chi connectivity index (χ4n) is 10.7. The quantitative estimate of drug-likeness (QED) is 0.124. The van der Waals surface area contributed by atoms with E-state index < -0.39 is 5.95 Å². The van der Waals surface area contributed by atoms with Crippen LogP contribution >= 0.6 is 0 Å². The van der Waals surface area contributed by atoms with Gasteiger partial charge in [-0.1, -0.05) is 12.1 Å². The standard InChI is InChI=1S/C28H33N5O2.C27H30FN5O2.CH3O.Na/c1-18-4-3-5-26(31-18)35-27-23(21-16-30-32(17-21)22-12-14-29-15-13-22)10-11-25-24(27)9-6-19(2)33(25)28(34)20-7-8-20;1-17-5-8-22-23(33(17)27(34)18-6-7-18)10-9-21(26(22)35-25-4-2-3-24(28)31-25)19-15-30-32(16-19)20-11-13-29-14-12-20;1-2;/h3-5,10-11,16-17,19-20,22,29H,6-9,12-15H2,1-2H3;2-4,9-10,15-18,20,29H,5-8,11-14H2,1H3;1H3;/q;;-1;+1/t19-;17-;;/m00../s1. The Labute approximate surface area is 449 Å². The first-order valence-electron chi connectivity index (χ1n) is 26.0. The third-order valence-electron chi connectivity index (χ3n) is 15.0. The minimum atomic E-state index is -0.591. The van der Waals surface area contributed by atoms with E-state index >= 15 is 0 Å². The first kappa shape index (κ1) is 52.4. The number of rotatable bonds is 10. The second-order valence-corrected chi connectivity index (χ2v) is 20.1. The number of aryl methyl sites for hydroxylation is 1. The second kappa shape index (κ2) is 23.4. The molecule has 2 saturated carbocycles. The predicted molar refractivity (Wildman–Crippen MR) is 273 cm³/mol. The van der Waals surface area contributed by atoms with E-state index in [4.69, 9.17) is 19.7 Å². The monoisotopic (exact) mass is 1000 g/mol. The number of fused-ring (bicyclic) bond motifs is 2. The fourth-order valence-corrected chi connectivity index (χ4v) is 10.7. The molecule has 0 bridgehead atoms. The molecule has 4 aliphatic heterocycles. The number of pyridine rings is 2. The maximum absolute atomic E-state index is 13.9. The molecule has 8 heterocycles. The van der Waals surface area contributed by atoms with E-state index in [0.29, 0.717) is 23.7 Å². The van der Waals surface area contributed by atoms with Crippen LogP contribution in [0.2, 0.25) is 0 Å². The van der Waals surface area contributed by atoms with Crippen LogP contribution < -0.4 is 64.6 Å². The van der Waals surface area contributed by atoms with Gasteiger partial charge in [-0.05, 0) is 160 Å². The second-order valence-electron chi connectivity index (χ2n) is 20.1. The van der Waals surface area contributed by atoms with E-state index in [0.717, 1.165) is 167 Å². The van der Waals surface area contributed by atoms with Crippen LogP contribution in [0.25, 0.3) is 22.3 Å². The molecule has 12 rings (SSSR count). The van der Waals surface area contributed by atoms with Gasteiger partial charge in [0.1, 0.15) is 11.5 Å². The summed E-state index contributed by atoms with van der Waals surface area (Å²) in [4.78, 5) is 38.9. The van der Waals surface area contributed by atoms with Crippen molar-refractivity contribution in [3.05, 3.63) is 108 Å². The Morgan fingerprint density at radius 1 is 0.603 bits per heavy atom. The molecule has 0 radical (unpaired) electrons. The zero-order valence-electron chi connectivity index (χ0n) is 42.9. The number of hydrogen-bond acceptors (Lipinski definition) is 11. The van der Waals surface area contributed by atoms with Crippen molar-refractivity contribution in [3.8, 4) is 45.5 Å². The summed E-state index contributed by atoms with van der Waals surface area (Å²) in [6, 6.07) is 19.7. The molecule has 2 N–H and O–H groups in total. The fraction of sp³-hybridized carbons (Fsp3) is 0.464. The molecular weight excluding hydrogens is 935 g/mol. The Hall–Kier alpha value is -5.49. The van der Waals surface area contributed by atoms with Gasteiger partial charge in [-0.3, -0.25) is 19.0 Å². The number of nitrogens with one attached hydrogen (secondary N) is 2. The van der Waals surface area contributed by atoms with Gasteiger partial charge in [0.05, 0.1) is 35.9 Å². The summed E-state index contributed by atoms with van der Waals surface area (Å²) in [6.07, 6.45) is 19.6. The van der Waals surface area contributed by atoms with Crippen molar-refractivity contribution in [1.29, 1.82) is 0 Å². The van der Waals surface area contributed by atoms with E-state index in [9.17, 15) is 14.0 Å². The van der Waals surface area contributed by atoms with Gasteiger partial charge in [0, 0.05) is 87.5 Å². The number of piperidine rings is 2. The predicted octanol–water partition coefficient (Wildman–Crippen LogP) is 5.91. The van der Waals surface area contributed by atoms with Crippen molar-refractivity contribution in [3.63, 3.8) is 0 Å². The number of nitrogens with zero attached hydrogens (tertiary/aromatic N) is 8.